The summed E-state index contributed by atoms with van der Waals surface area (Å²) in [7, 11) is 0. The van der Waals surface area contributed by atoms with E-state index in [0.717, 1.165) is 58.8 Å². The Morgan fingerprint density at radius 3 is 2.87 bits per heavy atom. The van der Waals surface area contributed by atoms with Crippen LogP contribution in [0.25, 0.3) is 21.5 Å². The molecule has 7 heteroatoms. The first-order chi connectivity index (χ1) is 14.7. The number of para-hydroxylation sites is 2. The summed E-state index contributed by atoms with van der Waals surface area (Å²) in [5.74, 6) is -0.193. The molecule has 0 radical (unpaired) electrons. The summed E-state index contributed by atoms with van der Waals surface area (Å²) in [5.41, 5.74) is 10.4. The fraction of sp³-hybridized carbons (Fsp3) is 0.217. The second-order valence-corrected chi connectivity index (χ2v) is 8.47. The van der Waals surface area contributed by atoms with Crippen molar-refractivity contribution in [1.29, 1.82) is 0 Å². The molecule has 2 aromatic carbocycles. The van der Waals surface area contributed by atoms with Crippen LogP contribution in [0.4, 0.5) is 11.4 Å². The zero-order valence-electron chi connectivity index (χ0n) is 16.5. The number of nitrogens with zero attached hydrogens (tertiary/aromatic N) is 2. The Kier molecular flexibility index (Phi) is 4.98. The van der Waals surface area contributed by atoms with Crippen LogP contribution in [-0.2, 0) is 0 Å². The SMILES string of the molecule is NC1CCN(c2ccccc2NC(=O)c2csc(-c3ccc4[nH]ccc4c3)n2)CC1. The highest BCUT2D eigenvalue weighted by Gasteiger charge is 2.20. The van der Waals surface area contributed by atoms with E-state index in [1.54, 1.807) is 0 Å². The molecule has 0 saturated carbocycles. The highest BCUT2D eigenvalue weighted by molar-refractivity contribution is 7.13. The van der Waals surface area contributed by atoms with E-state index in [4.69, 9.17) is 5.73 Å². The molecule has 3 heterocycles. The zero-order chi connectivity index (χ0) is 20.5. The second-order valence-electron chi connectivity index (χ2n) is 7.61. The Balaban J connectivity index is 1.35. The van der Waals surface area contributed by atoms with Gasteiger partial charge in [0.25, 0.3) is 5.91 Å². The Bertz CT molecular complexity index is 1190. The minimum absolute atomic E-state index is 0.193. The van der Waals surface area contributed by atoms with Crippen molar-refractivity contribution in [2.75, 3.05) is 23.3 Å². The second kappa shape index (κ2) is 7.93. The predicted octanol–water partition coefficient (Wildman–Crippen LogP) is 4.47. The number of thiazole rings is 1. The molecule has 1 fully saturated rings. The molecule has 0 bridgehead atoms. The number of carbonyl (C=O) groups excluding carboxylic acids is 1. The van der Waals surface area contributed by atoms with Crippen LogP contribution in [0.3, 0.4) is 0 Å². The Morgan fingerprint density at radius 1 is 1.17 bits per heavy atom. The summed E-state index contributed by atoms with van der Waals surface area (Å²) in [6.07, 6.45) is 3.84. The quantitative estimate of drug-likeness (QED) is 0.457. The van der Waals surface area contributed by atoms with Gasteiger partial charge in [-0.05, 0) is 49.2 Å². The third-order valence-corrected chi connectivity index (χ3v) is 6.46. The standard InChI is InChI=1S/C23H23N5OS/c24-17-8-11-28(12-9-17)21-4-2-1-3-19(21)26-22(29)20-14-30-23(27-20)16-5-6-18-15(13-16)7-10-25-18/h1-7,10,13-14,17,25H,8-9,11-12,24H2,(H,26,29). The molecule has 4 aromatic rings. The number of aromatic nitrogens is 2. The molecule has 2 aromatic heterocycles. The number of nitrogens with two attached hydrogens (primary N) is 1. The van der Waals surface area contributed by atoms with Crippen molar-refractivity contribution in [1.82, 2.24) is 9.97 Å². The van der Waals surface area contributed by atoms with Gasteiger partial charge in [-0.1, -0.05) is 12.1 Å². The number of hydrogen-bond donors (Lipinski definition) is 3. The van der Waals surface area contributed by atoms with Crippen molar-refractivity contribution in [3.8, 4) is 10.6 Å². The lowest BCUT2D eigenvalue weighted by atomic mass is 10.0. The first-order valence-corrected chi connectivity index (χ1v) is 11.0. The van der Waals surface area contributed by atoms with Crippen LogP contribution in [0.15, 0.2) is 60.1 Å². The van der Waals surface area contributed by atoms with Crippen molar-refractivity contribution < 1.29 is 4.79 Å². The first-order valence-electron chi connectivity index (χ1n) is 10.1. The number of fused-ring (bicyclic) bond motifs is 1. The van der Waals surface area contributed by atoms with Gasteiger partial charge in [-0.3, -0.25) is 4.79 Å². The van der Waals surface area contributed by atoms with Gasteiger partial charge in [-0.15, -0.1) is 11.3 Å². The van der Waals surface area contributed by atoms with Crippen LogP contribution in [0.2, 0.25) is 0 Å². The van der Waals surface area contributed by atoms with E-state index in [0.29, 0.717) is 5.69 Å². The maximum atomic E-state index is 12.9. The summed E-state index contributed by atoms with van der Waals surface area (Å²) in [6, 6.07) is 16.4. The van der Waals surface area contributed by atoms with E-state index in [1.807, 2.05) is 54.0 Å². The van der Waals surface area contributed by atoms with Gasteiger partial charge in [0.1, 0.15) is 10.7 Å². The summed E-state index contributed by atoms with van der Waals surface area (Å²) in [6.45, 7) is 1.80. The monoisotopic (exact) mass is 417 g/mol. The minimum Gasteiger partial charge on any atom is -0.370 e. The normalized spacial score (nSPS) is 14.9. The van der Waals surface area contributed by atoms with E-state index in [2.05, 4.69) is 26.3 Å². The van der Waals surface area contributed by atoms with Gasteiger partial charge in [0.15, 0.2) is 0 Å². The minimum atomic E-state index is -0.193. The topological polar surface area (TPSA) is 87.0 Å². The smallest absolute Gasteiger partial charge is 0.275 e. The van der Waals surface area contributed by atoms with Gasteiger partial charge in [0.2, 0.25) is 0 Å². The number of nitrogens with one attached hydrogen (secondary N) is 2. The predicted molar refractivity (Wildman–Crippen MR) is 123 cm³/mol. The van der Waals surface area contributed by atoms with Gasteiger partial charge in [-0.2, -0.15) is 0 Å². The molecule has 0 atom stereocenters. The van der Waals surface area contributed by atoms with Crippen molar-refractivity contribution in [3.05, 3.63) is 65.8 Å². The molecule has 1 amide bonds. The number of aromatic amines is 1. The van der Waals surface area contributed by atoms with Gasteiger partial charge >= 0.3 is 0 Å². The number of amides is 1. The molecule has 30 heavy (non-hydrogen) atoms. The molecule has 0 aliphatic carbocycles. The Labute approximate surface area is 178 Å². The molecule has 6 nitrogen and oxygen atoms in total. The van der Waals surface area contributed by atoms with Gasteiger partial charge in [-0.25, -0.2) is 4.98 Å². The number of hydrogen-bond acceptors (Lipinski definition) is 5. The van der Waals surface area contributed by atoms with Crippen LogP contribution in [0.5, 0.6) is 0 Å². The van der Waals surface area contributed by atoms with Crippen molar-refractivity contribution in [3.63, 3.8) is 0 Å². The average Bonchev–Trinajstić information content (AvgIpc) is 3.44. The van der Waals surface area contributed by atoms with E-state index < -0.39 is 0 Å². The van der Waals surface area contributed by atoms with E-state index in [1.165, 1.54) is 11.3 Å². The maximum Gasteiger partial charge on any atom is 0.275 e. The Morgan fingerprint density at radius 2 is 2.00 bits per heavy atom. The number of anilines is 2. The fourth-order valence-corrected chi connectivity index (χ4v) is 4.68. The highest BCUT2D eigenvalue weighted by Crippen LogP contribution is 2.30. The molecular formula is C23H23N5OS. The van der Waals surface area contributed by atoms with E-state index in [-0.39, 0.29) is 11.9 Å². The largest absolute Gasteiger partial charge is 0.370 e. The molecule has 1 aliphatic heterocycles. The summed E-state index contributed by atoms with van der Waals surface area (Å²) >= 11 is 1.48. The molecule has 5 rings (SSSR count). The molecule has 152 valence electrons. The molecule has 1 aliphatic rings. The summed E-state index contributed by atoms with van der Waals surface area (Å²) in [4.78, 5) is 23.0. The van der Waals surface area contributed by atoms with Crippen molar-refractivity contribution in [2.24, 2.45) is 5.73 Å². The maximum absolute atomic E-state index is 12.9. The lowest BCUT2D eigenvalue weighted by Crippen LogP contribution is -2.40. The van der Waals surface area contributed by atoms with Crippen LogP contribution in [0.1, 0.15) is 23.3 Å². The molecular weight excluding hydrogens is 394 g/mol. The number of carbonyl (C=O) groups is 1. The summed E-state index contributed by atoms with van der Waals surface area (Å²) < 4.78 is 0. The third-order valence-electron chi connectivity index (χ3n) is 5.57. The average molecular weight is 418 g/mol. The molecule has 0 spiro atoms. The number of piperidine rings is 1. The van der Waals surface area contributed by atoms with Crippen molar-refractivity contribution in [2.45, 2.75) is 18.9 Å². The number of H-pyrrole nitrogens is 1. The summed E-state index contributed by atoms with van der Waals surface area (Å²) in [5, 5.41) is 6.83. The van der Waals surface area contributed by atoms with E-state index in [9.17, 15) is 4.79 Å². The van der Waals surface area contributed by atoms with Gasteiger partial charge in [0.05, 0.1) is 11.4 Å². The number of rotatable bonds is 4. The van der Waals surface area contributed by atoms with Crippen LogP contribution < -0.4 is 16.0 Å². The zero-order valence-corrected chi connectivity index (χ0v) is 17.3. The van der Waals surface area contributed by atoms with E-state index >= 15 is 0 Å². The van der Waals surface area contributed by atoms with Gasteiger partial charge in [0, 0.05) is 47.2 Å². The lowest BCUT2D eigenvalue weighted by molar-refractivity contribution is 0.102. The lowest BCUT2D eigenvalue weighted by Gasteiger charge is -2.33. The highest BCUT2D eigenvalue weighted by atomic mass is 32.1. The van der Waals surface area contributed by atoms with Crippen LogP contribution in [-0.4, -0.2) is 35.0 Å². The molecule has 0 unspecified atom stereocenters. The number of benzene rings is 2. The first kappa shape index (κ1) is 18.8. The van der Waals surface area contributed by atoms with Crippen LogP contribution >= 0.6 is 11.3 Å². The third kappa shape index (κ3) is 3.69. The fourth-order valence-electron chi connectivity index (χ4n) is 3.88. The van der Waals surface area contributed by atoms with Crippen molar-refractivity contribution >= 4 is 39.5 Å². The van der Waals surface area contributed by atoms with Gasteiger partial charge < -0.3 is 20.9 Å². The molecule has 4 N–H and O–H groups in total. The Hall–Kier alpha value is -3.16. The van der Waals surface area contributed by atoms with Crippen LogP contribution in [0, 0.1) is 0 Å². The molecule has 1 saturated heterocycles.